The Morgan fingerprint density at radius 1 is 1.40 bits per heavy atom. The van der Waals surface area contributed by atoms with Crippen LogP contribution in [-0.2, 0) is 15.6 Å². The number of carboxylic acid groups (broad SMARTS) is 1. The van der Waals surface area contributed by atoms with Gasteiger partial charge < -0.3 is 10.0 Å². The van der Waals surface area contributed by atoms with E-state index in [1.54, 1.807) is 7.05 Å². The second-order valence-corrected chi connectivity index (χ2v) is 6.39. The molecule has 0 spiro atoms. The number of hydrogen-bond acceptors (Lipinski definition) is 3. The maximum absolute atomic E-state index is 12.1. The number of benzene rings is 1. The van der Waals surface area contributed by atoms with Gasteiger partial charge in [-0.1, -0.05) is 11.6 Å². The zero-order chi connectivity index (χ0) is 15.4. The SMILES string of the molecule is CC(C)N(C)C(=O)CS(=O)c1ccc(Cl)c(C(=O)O)c1. The molecule has 1 N–H and O–H groups in total. The number of amides is 1. The molecule has 1 aromatic rings. The fraction of sp³-hybridized carbons (Fsp3) is 0.385. The van der Waals surface area contributed by atoms with Crippen molar-refractivity contribution >= 4 is 34.3 Å². The molecule has 0 aromatic heterocycles. The summed E-state index contributed by atoms with van der Waals surface area (Å²) >= 11 is 5.74. The third-order valence-corrected chi connectivity index (χ3v) is 4.47. The maximum atomic E-state index is 12.1. The van der Waals surface area contributed by atoms with E-state index in [1.165, 1.54) is 23.1 Å². The summed E-state index contributed by atoms with van der Waals surface area (Å²) in [5.74, 6) is -1.64. The molecular formula is C13H16ClNO4S. The molecule has 0 heterocycles. The minimum Gasteiger partial charge on any atom is -0.478 e. The summed E-state index contributed by atoms with van der Waals surface area (Å²) in [6.45, 7) is 3.71. The summed E-state index contributed by atoms with van der Waals surface area (Å²) in [5, 5.41) is 9.03. The molecule has 0 fully saturated rings. The summed E-state index contributed by atoms with van der Waals surface area (Å²) in [5.41, 5.74) is -0.123. The molecule has 1 unspecified atom stereocenters. The Kier molecular flexibility index (Phi) is 5.71. The Morgan fingerprint density at radius 2 is 2.00 bits per heavy atom. The van der Waals surface area contributed by atoms with Crippen LogP contribution < -0.4 is 0 Å². The van der Waals surface area contributed by atoms with Crippen molar-refractivity contribution in [3.63, 3.8) is 0 Å². The average Bonchev–Trinajstić information content (AvgIpc) is 2.37. The third kappa shape index (κ3) is 4.05. The smallest absolute Gasteiger partial charge is 0.337 e. The van der Waals surface area contributed by atoms with Crippen LogP contribution in [0.4, 0.5) is 0 Å². The molecule has 0 radical (unpaired) electrons. The van der Waals surface area contributed by atoms with E-state index in [-0.39, 0.29) is 33.2 Å². The van der Waals surface area contributed by atoms with Gasteiger partial charge in [0.05, 0.1) is 21.4 Å². The summed E-state index contributed by atoms with van der Waals surface area (Å²) in [7, 11) is 0.0348. The Morgan fingerprint density at radius 3 is 2.50 bits per heavy atom. The van der Waals surface area contributed by atoms with Crippen LogP contribution >= 0.6 is 11.6 Å². The highest BCUT2D eigenvalue weighted by atomic mass is 35.5. The monoisotopic (exact) mass is 317 g/mol. The highest BCUT2D eigenvalue weighted by molar-refractivity contribution is 7.85. The molecule has 7 heteroatoms. The van der Waals surface area contributed by atoms with Crippen LogP contribution in [0, 0.1) is 0 Å². The van der Waals surface area contributed by atoms with Gasteiger partial charge in [-0.25, -0.2) is 4.79 Å². The molecule has 1 atom stereocenters. The van der Waals surface area contributed by atoms with Crippen LogP contribution in [-0.4, -0.2) is 44.9 Å². The molecule has 0 aliphatic rings. The van der Waals surface area contributed by atoms with Crippen LogP contribution in [0.5, 0.6) is 0 Å². The fourth-order valence-corrected chi connectivity index (χ4v) is 2.66. The van der Waals surface area contributed by atoms with Gasteiger partial charge in [0.15, 0.2) is 0 Å². The van der Waals surface area contributed by atoms with E-state index in [2.05, 4.69) is 0 Å². The molecule has 0 aliphatic heterocycles. The number of carbonyl (C=O) groups is 2. The first-order valence-corrected chi connectivity index (χ1v) is 7.60. The number of hydrogen-bond donors (Lipinski definition) is 1. The van der Waals surface area contributed by atoms with Gasteiger partial charge in [-0.05, 0) is 32.0 Å². The highest BCUT2D eigenvalue weighted by Gasteiger charge is 2.18. The zero-order valence-electron chi connectivity index (χ0n) is 11.4. The Balaban J connectivity index is 2.91. The van der Waals surface area contributed by atoms with Crippen molar-refractivity contribution < 1.29 is 18.9 Å². The van der Waals surface area contributed by atoms with Crippen molar-refractivity contribution in [1.29, 1.82) is 0 Å². The molecule has 110 valence electrons. The van der Waals surface area contributed by atoms with Crippen molar-refractivity contribution in [3.05, 3.63) is 28.8 Å². The predicted octanol–water partition coefficient (Wildman–Crippen LogP) is 2.01. The Bertz CT molecular complexity index is 559. The van der Waals surface area contributed by atoms with E-state index in [4.69, 9.17) is 16.7 Å². The van der Waals surface area contributed by atoms with Crippen molar-refractivity contribution in [2.75, 3.05) is 12.8 Å². The predicted molar refractivity (Wildman–Crippen MR) is 77.6 cm³/mol. The van der Waals surface area contributed by atoms with E-state index in [0.717, 1.165) is 0 Å². The van der Waals surface area contributed by atoms with E-state index in [0.29, 0.717) is 0 Å². The molecule has 1 rings (SSSR count). The molecule has 5 nitrogen and oxygen atoms in total. The Hall–Kier alpha value is -1.40. The second kappa shape index (κ2) is 6.85. The zero-order valence-corrected chi connectivity index (χ0v) is 13.0. The normalized spacial score (nSPS) is 12.2. The largest absolute Gasteiger partial charge is 0.478 e. The van der Waals surface area contributed by atoms with Crippen LogP contribution in [0.3, 0.4) is 0 Å². The second-order valence-electron chi connectivity index (χ2n) is 4.54. The lowest BCUT2D eigenvalue weighted by atomic mass is 10.2. The van der Waals surface area contributed by atoms with Crippen molar-refractivity contribution in [1.82, 2.24) is 4.90 Å². The van der Waals surface area contributed by atoms with Crippen molar-refractivity contribution in [2.24, 2.45) is 0 Å². The maximum Gasteiger partial charge on any atom is 0.337 e. The van der Waals surface area contributed by atoms with Crippen LogP contribution in [0.1, 0.15) is 24.2 Å². The first-order valence-electron chi connectivity index (χ1n) is 5.91. The molecule has 1 aromatic carbocycles. The van der Waals surface area contributed by atoms with Gasteiger partial charge in [-0.2, -0.15) is 0 Å². The summed E-state index contributed by atoms with van der Waals surface area (Å²) in [6.07, 6.45) is 0. The van der Waals surface area contributed by atoms with Gasteiger partial charge in [0.25, 0.3) is 0 Å². The quantitative estimate of drug-likeness (QED) is 0.901. The lowest BCUT2D eigenvalue weighted by molar-refractivity contribution is -0.128. The van der Waals surface area contributed by atoms with Gasteiger partial charge in [0.2, 0.25) is 5.91 Å². The van der Waals surface area contributed by atoms with Gasteiger partial charge in [0, 0.05) is 18.0 Å². The minimum absolute atomic E-state index is 0.0132. The molecule has 0 saturated carbocycles. The summed E-state index contributed by atoms with van der Waals surface area (Å²) in [6, 6.07) is 4.09. The number of halogens is 1. The molecule has 20 heavy (non-hydrogen) atoms. The van der Waals surface area contributed by atoms with E-state index >= 15 is 0 Å². The lowest BCUT2D eigenvalue weighted by Gasteiger charge is -2.21. The molecule has 0 aliphatic carbocycles. The number of nitrogens with zero attached hydrogens (tertiary/aromatic N) is 1. The fourth-order valence-electron chi connectivity index (χ4n) is 1.40. The van der Waals surface area contributed by atoms with Crippen LogP contribution in [0.25, 0.3) is 0 Å². The summed E-state index contributed by atoms with van der Waals surface area (Å²) < 4.78 is 12.1. The Labute approximate surface area is 125 Å². The molecule has 1 amide bonds. The minimum atomic E-state index is -1.60. The van der Waals surface area contributed by atoms with Crippen LogP contribution in [0.2, 0.25) is 5.02 Å². The number of aromatic carboxylic acids is 1. The first-order chi connectivity index (χ1) is 9.23. The van der Waals surface area contributed by atoms with Crippen LogP contribution in [0.15, 0.2) is 23.1 Å². The first kappa shape index (κ1) is 16.7. The number of rotatable bonds is 5. The van der Waals surface area contributed by atoms with Crippen molar-refractivity contribution in [2.45, 2.75) is 24.8 Å². The topological polar surface area (TPSA) is 74.7 Å². The van der Waals surface area contributed by atoms with Gasteiger partial charge in [0.1, 0.15) is 5.75 Å². The summed E-state index contributed by atoms with van der Waals surface area (Å²) in [4.78, 5) is 24.6. The van der Waals surface area contributed by atoms with Gasteiger partial charge in [-0.15, -0.1) is 0 Å². The lowest BCUT2D eigenvalue weighted by Crippen LogP contribution is -2.36. The van der Waals surface area contributed by atoms with E-state index in [1.807, 2.05) is 13.8 Å². The van der Waals surface area contributed by atoms with Crippen molar-refractivity contribution in [3.8, 4) is 0 Å². The number of carbonyl (C=O) groups excluding carboxylic acids is 1. The van der Waals surface area contributed by atoms with E-state index < -0.39 is 16.8 Å². The van der Waals surface area contributed by atoms with Gasteiger partial charge in [-0.3, -0.25) is 9.00 Å². The molecule has 0 saturated heterocycles. The average molecular weight is 318 g/mol. The molecular weight excluding hydrogens is 302 g/mol. The van der Waals surface area contributed by atoms with Gasteiger partial charge >= 0.3 is 5.97 Å². The molecule has 0 bridgehead atoms. The van der Waals surface area contributed by atoms with E-state index in [9.17, 15) is 13.8 Å². The highest BCUT2D eigenvalue weighted by Crippen LogP contribution is 2.20. The standard InChI is InChI=1S/C13H16ClNO4S/c1-8(2)15(3)12(16)7-20(19)9-4-5-11(14)10(6-9)13(17)18/h4-6,8H,7H2,1-3H3,(H,17,18). The third-order valence-electron chi connectivity index (χ3n) is 2.85. The number of carboxylic acids is 1.